The van der Waals surface area contributed by atoms with Crippen LogP contribution in [0.1, 0.15) is 12.1 Å². The number of nitrogens with zero attached hydrogens (tertiary/aromatic N) is 3. The molecular formula is C10H18N4O2S. The molecule has 1 aromatic heterocycles. The summed E-state index contributed by atoms with van der Waals surface area (Å²) in [5, 5.41) is 6.45. The topological polar surface area (TPSA) is 69.3 Å². The second-order valence-electron chi connectivity index (χ2n) is 4.42. The number of H-pyrrole nitrogens is 1. The highest BCUT2D eigenvalue weighted by atomic mass is 32.2. The molecule has 1 aliphatic heterocycles. The van der Waals surface area contributed by atoms with Crippen molar-refractivity contribution in [3.8, 4) is 0 Å². The minimum absolute atomic E-state index is 0.294. The molecule has 6 nitrogen and oxygen atoms in total. The lowest BCUT2D eigenvalue weighted by Crippen LogP contribution is -2.34. The van der Waals surface area contributed by atoms with Gasteiger partial charge in [0.25, 0.3) is 0 Å². The van der Waals surface area contributed by atoms with Crippen molar-refractivity contribution in [2.24, 2.45) is 0 Å². The molecule has 2 rings (SSSR count). The van der Waals surface area contributed by atoms with Gasteiger partial charge in [-0.1, -0.05) is 0 Å². The number of aromatic amines is 1. The third-order valence-electron chi connectivity index (χ3n) is 3.08. The van der Waals surface area contributed by atoms with Gasteiger partial charge in [0.1, 0.15) is 4.90 Å². The highest BCUT2D eigenvalue weighted by Crippen LogP contribution is 2.18. The molecular weight excluding hydrogens is 240 g/mol. The molecule has 0 bridgehead atoms. The number of sulfonamides is 1. The molecule has 1 N–H and O–H groups in total. The normalized spacial score (nSPS) is 20.4. The Balaban J connectivity index is 2.24. The predicted octanol–water partition coefficient (Wildman–Crippen LogP) is 0.0443. The quantitative estimate of drug-likeness (QED) is 0.813. The average Bonchev–Trinajstić information content (AvgIpc) is 2.57. The van der Waals surface area contributed by atoms with Gasteiger partial charge in [-0.2, -0.15) is 9.40 Å². The van der Waals surface area contributed by atoms with E-state index in [0.29, 0.717) is 23.7 Å². The molecule has 0 unspecified atom stereocenters. The number of rotatable bonds is 2. The lowest BCUT2D eigenvalue weighted by molar-refractivity contribution is 0.347. The number of aromatic nitrogens is 2. The first-order valence-corrected chi connectivity index (χ1v) is 7.14. The molecule has 0 aliphatic carbocycles. The fourth-order valence-corrected chi connectivity index (χ4v) is 3.59. The van der Waals surface area contributed by atoms with E-state index in [1.807, 2.05) is 7.05 Å². The summed E-state index contributed by atoms with van der Waals surface area (Å²) in [6, 6.07) is 0. The zero-order chi connectivity index (χ0) is 12.5. The molecule has 1 fully saturated rings. The van der Waals surface area contributed by atoms with Crippen molar-refractivity contribution < 1.29 is 8.42 Å². The zero-order valence-corrected chi connectivity index (χ0v) is 11.0. The van der Waals surface area contributed by atoms with Crippen LogP contribution in [0.4, 0.5) is 0 Å². The Hall–Kier alpha value is -0.920. The minimum atomic E-state index is -3.38. The number of nitrogens with one attached hydrogen (secondary N) is 1. The van der Waals surface area contributed by atoms with Gasteiger partial charge in [-0.3, -0.25) is 5.10 Å². The van der Waals surface area contributed by atoms with E-state index in [0.717, 1.165) is 19.5 Å². The first kappa shape index (κ1) is 12.5. The molecule has 1 saturated heterocycles. The summed E-state index contributed by atoms with van der Waals surface area (Å²) in [7, 11) is -1.37. The van der Waals surface area contributed by atoms with E-state index in [-0.39, 0.29) is 0 Å². The van der Waals surface area contributed by atoms with E-state index in [9.17, 15) is 8.42 Å². The van der Waals surface area contributed by atoms with Crippen LogP contribution in [-0.2, 0) is 10.0 Å². The van der Waals surface area contributed by atoms with Crippen LogP contribution in [0.25, 0.3) is 0 Å². The maximum absolute atomic E-state index is 12.4. The van der Waals surface area contributed by atoms with Gasteiger partial charge in [0.15, 0.2) is 0 Å². The van der Waals surface area contributed by atoms with E-state index in [2.05, 4.69) is 15.1 Å². The zero-order valence-electron chi connectivity index (χ0n) is 10.2. The summed E-state index contributed by atoms with van der Waals surface area (Å²) in [6.45, 7) is 4.57. The van der Waals surface area contributed by atoms with Crippen LogP contribution in [-0.4, -0.2) is 61.0 Å². The number of likely N-dealkylation sites (N-methyl/N-ethyl adjacent to an activating group) is 1. The standard InChI is InChI=1S/C10H18N4O2S/c1-9-10(8-11-12-9)17(15,16)14-5-3-4-13(2)6-7-14/h8H,3-7H2,1-2H3,(H,11,12). The Morgan fingerprint density at radius 1 is 1.29 bits per heavy atom. The lowest BCUT2D eigenvalue weighted by atomic mass is 10.4. The van der Waals surface area contributed by atoms with Gasteiger partial charge in [0.2, 0.25) is 10.0 Å². The van der Waals surface area contributed by atoms with E-state index < -0.39 is 10.0 Å². The van der Waals surface area contributed by atoms with E-state index in [1.165, 1.54) is 6.20 Å². The summed E-state index contributed by atoms with van der Waals surface area (Å²) in [4.78, 5) is 2.44. The highest BCUT2D eigenvalue weighted by molar-refractivity contribution is 7.89. The Labute approximate surface area is 102 Å². The summed E-state index contributed by atoms with van der Waals surface area (Å²) < 4.78 is 26.3. The maximum atomic E-state index is 12.4. The molecule has 7 heteroatoms. The fraction of sp³-hybridized carbons (Fsp3) is 0.700. The smallest absolute Gasteiger partial charge is 0.246 e. The lowest BCUT2D eigenvalue weighted by Gasteiger charge is -2.19. The van der Waals surface area contributed by atoms with Crippen molar-refractivity contribution >= 4 is 10.0 Å². The predicted molar refractivity (Wildman–Crippen MR) is 64.2 cm³/mol. The maximum Gasteiger partial charge on any atom is 0.246 e. The van der Waals surface area contributed by atoms with Crippen molar-refractivity contribution in [3.63, 3.8) is 0 Å². The molecule has 17 heavy (non-hydrogen) atoms. The first-order valence-electron chi connectivity index (χ1n) is 5.70. The summed E-state index contributed by atoms with van der Waals surface area (Å²) in [5.74, 6) is 0. The summed E-state index contributed by atoms with van der Waals surface area (Å²) in [6.07, 6.45) is 2.26. The van der Waals surface area contributed by atoms with Gasteiger partial charge < -0.3 is 4.90 Å². The summed E-state index contributed by atoms with van der Waals surface area (Å²) in [5.41, 5.74) is 0.600. The molecule has 0 saturated carbocycles. The molecule has 0 aromatic carbocycles. The molecule has 0 atom stereocenters. The second-order valence-corrected chi connectivity index (χ2v) is 6.33. The number of aryl methyl sites for hydroxylation is 1. The fourth-order valence-electron chi connectivity index (χ4n) is 2.00. The van der Waals surface area contributed by atoms with Gasteiger partial charge in [0, 0.05) is 19.6 Å². The second kappa shape index (κ2) is 4.75. The number of hydrogen-bond acceptors (Lipinski definition) is 4. The summed E-state index contributed by atoms with van der Waals surface area (Å²) >= 11 is 0. The molecule has 2 heterocycles. The van der Waals surface area contributed by atoms with Crippen LogP contribution in [0, 0.1) is 6.92 Å². The minimum Gasteiger partial charge on any atom is -0.305 e. The Kier molecular flexibility index (Phi) is 3.50. The van der Waals surface area contributed by atoms with Gasteiger partial charge in [0.05, 0.1) is 11.9 Å². The van der Waals surface area contributed by atoms with Crippen molar-refractivity contribution in [2.45, 2.75) is 18.2 Å². The van der Waals surface area contributed by atoms with Crippen molar-refractivity contribution in [1.82, 2.24) is 19.4 Å². The van der Waals surface area contributed by atoms with E-state index >= 15 is 0 Å². The third kappa shape index (κ3) is 2.51. The average molecular weight is 258 g/mol. The van der Waals surface area contributed by atoms with Crippen LogP contribution >= 0.6 is 0 Å². The molecule has 1 aromatic rings. The monoisotopic (exact) mass is 258 g/mol. The molecule has 0 radical (unpaired) electrons. The SMILES string of the molecule is Cc1[nH]ncc1S(=O)(=O)N1CCCN(C)CC1. The van der Waals surface area contributed by atoms with Crippen molar-refractivity contribution in [3.05, 3.63) is 11.9 Å². The van der Waals surface area contributed by atoms with Crippen LogP contribution in [0.3, 0.4) is 0 Å². The molecule has 96 valence electrons. The van der Waals surface area contributed by atoms with Crippen LogP contribution in [0.15, 0.2) is 11.1 Å². The van der Waals surface area contributed by atoms with E-state index in [4.69, 9.17) is 0 Å². The largest absolute Gasteiger partial charge is 0.305 e. The Bertz CT molecular complexity index is 482. The van der Waals surface area contributed by atoms with Gasteiger partial charge in [-0.15, -0.1) is 0 Å². The van der Waals surface area contributed by atoms with Gasteiger partial charge >= 0.3 is 0 Å². The third-order valence-corrected chi connectivity index (χ3v) is 5.09. The molecule has 0 amide bonds. The first-order chi connectivity index (χ1) is 8.01. The van der Waals surface area contributed by atoms with Crippen molar-refractivity contribution in [1.29, 1.82) is 0 Å². The van der Waals surface area contributed by atoms with Crippen LogP contribution in [0.2, 0.25) is 0 Å². The number of hydrogen-bond donors (Lipinski definition) is 1. The Morgan fingerprint density at radius 3 is 2.71 bits per heavy atom. The molecule has 0 spiro atoms. The van der Waals surface area contributed by atoms with E-state index in [1.54, 1.807) is 11.2 Å². The van der Waals surface area contributed by atoms with Gasteiger partial charge in [-0.25, -0.2) is 8.42 Å². The highest BCUT2D eigenvalue weighted by Gasteiger charge is 2.28. The van der Waals surface area contributed by atoms with Crippen molar-refractivity contribution in [2.75, 3.05) is 33.2 Å². The van der Waals surface area contributed by atoms with Crippen LogP contribution < -0.4 is 0 Å². The van der Waals surface area contributed by atoms with Crippen LogP contribution in [0.5, 0.6) is 0 Å². The molecule has 1 aliphatic rings. The van der Waals surface area contributed by atoms with Gasteiger partial charge in [-0.05, 0) is 26.9 Å². The Morgan fingerprint density at radius 2 is 2.06 bits per heavy atom.